The fourth-order valence-corrected chi connectivity index (χ4v) is 3.35. The summed E-state index contributed by atoms with van der Waals surface area (Å²) < 4.78 is 16.4. The third-order valence-corrected chi connectivity index (χ3v) is 4.73. The Bertz CT molecular complexity index is 613. The molecule has 1 N–H and O–H groups in total. The summed E-state index contributed by atoms with van der Waals surface area (Å²) in [5, 5.41) is 10.4. The average Bonchev–Trinajstić information content (AvgIpc) is 2.83. The predicted octanol–water partition coefficient (Wildman–Crippen LogP) is 0.666. The second-order valence-electron chi connectivity index (χ2n) is 6.10. The quantitative estimate of drug-likeness (QED) is 0.814. The van der Waals surface area contributed by atoms with Crippen molar-refractivity contribution in [2.24, 2.45) is 5.92 Å². The van der Waals surface area contributed by atoms with Crippen LogP contribution in [0.1, 0.15) is 27.6 Å². The Labute approximate surface area is 140 Å². The highest BCUT2D eigenvalue weighted by atomic mass is 16.7. The van der Waals surface area contributed by atoms with E-state index in [9.17, 15) is 14.7 Å². The molecule has 2 unspecified atom stereocenters. The van der Waals surface area contributed by atoms with Gasteiger partial charge in [-0.2, -0.15) is 0 Å². The largest absolute Gasteiger partial charge is 0.390 e. The van der Waals surface area contributed by atoms with Gasteiger partial charge in [0.05, 0.1) is 23.8 Å². The molecule has 24 heavy (non-hydrogen) atoms. The molecule has 1 aromatic rings. The Morgan fingerprint density at radius 1 is 1.12 bits per heavy atom. The second-order valence-corrected chi connectivity index (χ2v) is 6.10. The number of fused-ring (bicyclic) bond motifs is 1. The molecule has 1 fully saturated rings. The molecule has 130 valence electrons. The van der Waals surface area contributed by atoms with E-state index >= 15 is 0 Å². The lowest BCUT2D eigenvalue weighted by atomic mass is 9.92. The number of aliphatic hydroxyl groups is 1. The zero-order chi connectivity index (χ0) is 17.4. The van der Waals surface area contributed by atoms with E-state index in [2.05, 4.69) is 0 Å². The van der Waals surface area contributed by atoms with Gasteiger partial charge in [-0.15, -0.1) is 0 Å². The topological polar surface area (TPSA) is 85.3 Å². The number of aliphatic hydroxyl groups excluding tert-OH is 1. The van der Waals surface area contributed by atoms with Crippen LogP contribution >= 0.6 is 0 Å². The molecule has 2 aliphatic heterocycles. The first-order valence-electron chi connectivity index (χ1n) is 7.84. The Morgan fingerprint density at radius 3 is 2.21 bits per heavy atom. The molecule has 1 saturated heterocycles. The van der Waals surface area contributed by atoms with Crippen molar-refractivity contribution < 1.29 is 28.9 Å². The lowest BCUT2D eigenvalue weighted by molar-refractivity contribution is -0.274. The van der Waals surface area contributed by atoms with Crippen LogP contribution in [0.25, 0.3) is 0 Å². The molecule has 2 aliphatic rings. The van der Waals surface area contributed by atoms with Crippen LogP contribution in [0.2, 0.25) is 0 Å². The van der Waals surface area contributed by atoms with Gasteiger partial charge in [0.15, 0.2) is 6.29 Å². The number of imide groups is 1. The van der Waals surface area contributed by atoms with Crippen LogP contribution in [0.15, 0.2) is 24.3 Å². The number of ether oxygens (including phenoxy) is 3. The fraction of sp³-hybridized carbons (Fsp3) is 0.529. The number of methoxy groups -OCH3 is 2. The molecule has 2 amide bonds. The van der Waals surface area contributed by atoms with Crippen LogP contribution < -0.4 is 0 Å². The summed E-state index contributed by atoms with van der Waals surface area (Å²) in [5.41, 5.74) is 0.758. The van der Waals surface area contributed by atoms with Crippen molar-refractivity contribution in [3.8, 4) is 0 Å². The first kappa shape index (κ1) is 17.0. The van der Waals surface area contributed by atoms with Gasteiger partial charge in [-0.05, 0) is 12.1 Å². The van der Waals surface area contributed by atoms with Crippen LogP contribution in [0.3, 0.4) is 0 Å². The van der Waals surface area contributed by atoms with E-state index in [0.717, 1.165) is 4.90 Å². The van der Waals surface area contributed by atoms with Crippen molar-refractivity contribution in [2.45, 2.75) is 31.5 Å². The number of carbonyl (C=O) groups is 2. The molecule has 3 rings (SSSR count). The smallest absolute Gasteiger partial charge is 0.261 e. The van der Waals surface area contributed by atoms with E-state index in [1.54, 1.807) is 31.2 Å². The molecule has 0 spiro atoms. The summed E-state index contributed by atoms with van der Waals surface area (Å²) in [6, 6.07) is 6.68. The van der Waals surface area contributed by atoms with Gasteiger partial charge < -0.3 is 19.3 Å². The van der Waals surface area contributed by atoms with Gasteiger partial charge in [0.2, 0.25) is 0 Å². The molecule has 7 nitrogen and oxygen atoms in total. The number of rotatable bonds is 4. The van der Waals surface area contributed by atoms with Gasteiger partial charge in [0.25, 0.3) is 11.8 Å². The Hall–Kier alpha value is -1.80. The van der Waals surface area contributed by atoms with Gasteiger partial charge in [-0.3, -0.25) is 14.5 Å². The number of hydrogen-bond acceptors (Lipinski definition) is 6. The maximum absolute atomic E-state index is 12.5. The first-order valence-corrected chi connectivity index (χ1v) is 7.84. The highest BCUT2D eigenvalue weighted by molar-refractivity contribution is 6.21. The minimum atomic E-state index is -0.825. The average molecular weight is 335 g/mol. The maximum Gasteiger partial charge on any atom is 0.261 e. The minimum Gasteiger partial charge on any atom is -0.390 e. The molecular formula is C17H21NO6. The molecule has 2 heterocycles. The van der Waals surface area contributed by atoms with Crippen molar-refractivity contribution in [1.29, 1.82) is 0 Å². The normalized spacial score (nSPS) is 33.0. The monoisotopic (exact) mass is 335 g/mol. The van der Waals surface area contributed by atoms with Crippen LogP contribution in [-0.4, -0.2) is 67.2 Å². The van der Waals surface area contributed by atoms with Crippen molar-refractivity contribution in [3.63, 3.8) is 0 Å². The van der Waals surface area contributed by atoms with Crippen molar-refractivity contribution in [1.82, 2.24) is 4.90 Å². The highest BCUT2D eigenvalue weighted by Gasteiger charge is 2.46. The Kier molecular flexibility index (Phi) is 4.69. The number of hydrogen-bond donors (Lipinski definition) is 1. The SMILES string of the molecule is COC1OC(CN2C(=O)c3ccccc3C2=O)[C@@H](OC)[C@H](O)[C@@H]1C. The number of carbonyl (C=O) groups excluding carboxylic acids is 2. The second kappa shape index (κ2) is 6.60. The molecule has 1 aromatic carbocycles. The van der Waals surface area contributed by atoms with E-state index < -0.39 is 24.6 Å². The van der Waals surface area contributed by atoms with Crippen molar-refractivity contribution >= 4 is 11.8 Å². The molecule has 0 aliphatic carbocycles. The molecule has 0 saturated carbocycles. The third-order valence-electron chi connectivity index (χ3n) is 4.73. The fourth-order valence-electron chi connectivity index (χ4n) is 3.35. The van der Waals surface area contributed by atoms with E-state index in [1.165, 1.54) is 14.2 Å². The minimum absolute atomic E-state index is 0.00546. The van der Waals surface area contributed by atoms with Gasteiger partial charge in [-0.25, -0.2) is 0 Å². The predicted molar refractivity (Wildman–Crippen MR) is 83.4 cm³/mol. The van der Waals surface area contributed by atoms with Gasteiger partial charge >= 0.3 is 0 Å². The number of nitrogens with zero attached hydrogens (tertiary/aromatic N) is 1. The van der Waals surface area contributed by atoms with Crippen LogP contribution in [0.5, 0.6) is 0 Å². The summed E-state index contributed by atoms with van der Waals surface area (Å²) in [5.74, 6) is -1.02. The standard InChI is InChI=1S/C17H21NO6/c1-9-13(19)14(22-2)12(24-17(9)23-3)8-18-15(20)10-6-4-5-7-11(10)16(18)21/h4-7,9,12-14,17,19H,8H2,1-3H3/t9-,12?,13+,14+,17?/m0/s1. The number of benzene rings is 1. The summed E-state index contributed by atoms with van der Waals surface area (Å²) in [7, 11) is 2.95. The molecular weight excluding hydrogens is 314 g/mol. The summed E-state index contributed by atoms with van der Waals surface area (Å²) in [6.45, 7) is 1.79. The van der Waals surface area contributed by atoms with Gasteiger partial charge in [-0.1, -0.05) is 19.1 Å². The lowest BCUT2D eigenvalue weighted by Crippen LogP contribution is -2.58. The number of amides is 2. The van der Waals surface area contributed by atoms with E-state index in [4.69, 9.17) is 14.2 Å². The van der Waals surface area contributed by atoms with Gasteiger partial charge in [0.1, 0.15) is 12.2 Å². The van der Waals surface area contributed by atoms with E-state index in [0.29, 0.717) is 11.1 Å². The Morgan fingerprint density at radius 2 is 1.71 bits per heavy atom. The maximum atomic E-state index is 12.5. The summed E-state index contributed by atoms with van der Waals surface area (Å²) in [4.78, 5) is 26.1. The molecule has 5 atom stereocenters. The van der Waals surface area contributed by atoms with Crippen molar-refractivity contribution in [3.05, 3.63) is 35.4 Å². The highest BCUT2D eigenvalue weighted by Crippen LogP contribution is 2.30. The van der Waals surface area contributed by atoms with E-state index in [-0.39, 0.29) is 24.3 Å². The van der Waals surface area contributed by atoms with Crippen LogP contribution in [-0.2, 0) is 14.2 Å². The first-order chi connectivity index (χ1) is 11.5. The van der Waals surface area contributed by atoms with Crippen LogP contribution in [0.4, 0.5) is 0 Å². The third kappa shape index (κ3) is 2.63. The van der Waals surface area contributed by atoms with Gasteiger partial charge in [0, 0.05) is 20.1 Å². The van der Waals surface area contributed by atoms with Crippen LogP contribution in [0, 0.1) is 5.92 Å². The zero-order valence-electron chi connectivity index (χ0n) is 13.8. The summed E-state index contributed by atoms with van der Waals surface area (Å²) >= 11 is 0. The lowest BCUT2D eigenvalue weighted by Gasteiger charge is -2.43. The molecule has 7 heteroatoms. The van der Waals surface area contributed by atoms with E-state index in [1.807, 2.05) is 0 Å². The Balaban J connectivity index is 1.82. The molecule has 0 radical (unpaired) electrons. The van der Waals surface area contributed by atoms with Crippen molar-refractivity contribution in [2.75, 3.05) is 20.8 Å². The molecule has 0 bridgehead atoms. The molecule has 0 aromatic heterocycles. The summed E-state index contributed by atoms with van der Waals surface area (Å²) in [6.07, 6.45) is -2.79. The zero-order valence-corrected chi connectivity index (χ0v) is 13.8.